The number of benzene rings is 8. The van der Waals surface area contributed by atoms with Gasteiger partial charge in [0.15, 0.2) is 46.5 Å². The molecule has 0 amide bonds. The molecule has 8 aromatic carbocycles. The number of fused-ring (bicyclic) bond motifs is 4. The number of anilines is 3. The zero-order chi connectivity index (χ0) is 40.6. The standard InChI is InChI=1S/C46H22F10N2/c47-27-13-18-29(19-14-27)57(46-44(55)39(50)36(40(51)45(46)56)35-37(48)41(52)43(54)42(53)38(35)49)28-15-9-24(10-16-28)26-12-20-34-32(22-26)31-7-3-4-8-33(31)58(34)30-17-11-23-5-1-2-6-25(23)21-30/h1-22H. The average Bonchev–Trinajstić information content (AvgIpc) is 3.58. The van der Waals surface area contributed by atoms with Crippen LogP contribution in [0.5, 0.6) is 0 Å². The third kappa shape index (κ3) is 5.66. The number of nitrogens with zero attached hydrogens (tertiary/aromatic N) is 2. The van der Waals surface area contributed by atoms with Crippen molar-refractivity contribution in [3.8, 4) is 27.9 Å². The van der Waals surface area contributed by atoms with Gasteiger partial charge in [-0.2, -0.15) is 0 Å². The minimum Gasteiger partial charge on any atom is -0.309 e. The Balaban J connectivity index is 1.16. The Hall–Kier alpha value is -7.08. The molecule has 1 heterocycles. The van der Waals surface area contributed by atoms with Crippen LogP contribution in [0.1, 0.15) is 0 Å². The first kappa shape index (κ1) is 36.6. The highest BCUT2D eigenvalue weighted by atomic mass is 19.2. The molecule has 58 heavy (non-hydrogen) atoms. The molecule has 9 rings (SSSR count). The van der Waals surface area contributed by atoms with Crippen LogP contribution in [-0.4, -0.2) is 4.57 Å². The highest BCUT2D eigenvalue weighted by Crippen LogP contribution is 2.45. The van der Waals surface area contributed by atoms with Gasteiger partial charge in [0.2, 0.25) is 5.82 Å². The molecule has 0 aliphatic carbocycles. The fourth-order valence-electron chi connectivity index (χ4n) is 7.41. The number of halogens is 10. The molecule has 0 spiro atoms. The number of hydrogen-bond donors (Lipinski definition) is 0. The second-order valence-corrected chi connectivity index (χ2v) is 13.4. The summed E-state index contributed by atoms with van der Waals surface area (Å²) in [5.74, 6) is -23.4. The average molecular weight is 793 g/mol. The lowest BCUT2D eigenvalue weighted by Crippen LogP contribution is -2.17. The van der Waals surface area contributed by atoms with Gasteiger partial charge < -0.3 is 9.47 Å². The van der Waals surface area contributed by atoms with Gasteiger partial charge in [-0.1, -0.05) is 66.7 Å². The number of para-hydroxylation sites is 1. The van der Waals surface area contributed by atoms with Gasteiger partial charge >= 0.3 is 0 Å². The van der Waals surface area contributed by atoms with E-state index in [1.807, 2.05) is 72.8 Å². The van der Waals surface area contributed by atoms with Gasteiger partial charge in [0.1, 0.15) is 11.5 Å². The molecule has 1 aromatic heterocycles. The van der Waals surface area contributed by atoms with E-state index in [4.69, 9.17) is 0 Å². The van der Waals surface area contributed by atoms with E-state index in [1.54, 1.807) is 12.1 Å². The van der Waals surface area contributed by atoms with Crippen LogP contribution < -0.4 is 4.90 Å². The fraction of sp³-hybridized carbons (Fsp3) is 0. The summed E-state index contributed by atoms with van der Waals surface area (Å²) in [6, 6.07) is 37.7. The van der Waals surface area contributed by atoms with E-state index in [-0.39, 0.29) is 11.4 Å². The van der Waals surface area contributed by atoms with Gasteiger partial charge in [-0.3, -0.25) is 0 Å². The van der Waals surface area contributed by atoms with E-state index in [0.717, 1.165) is 68.1 Å². The van der Waals surface area contributed by atoms with Gasteiger partial charge in [-0.15, -0.1) is 0 Å². The second-order valence-electron chi connectivity index (χ2n) is 13.4. The van der Waals surface area contributed by atoms with Gasteiger partial charge in [-0.25, -0.2) is 43.9 Å². The largest absolute Gasteiger partial charge is 0.309 e. The van der Waals surface area contributed by atoms with Crippen LogP contribution in [0.4, 0.5) is 61.0 Å². The normalized spacial score (nSPS) is 11.6. The van der Waals surface area contributed by atoms with Crippen LogP contribution in [-0.2, 0) is 0 Å². The lowest BCUT2D eigenvalue weighted by molar-refractivity contribution is 0.379. The number of rotatable bonds is 6. The monoisotopic (exact) mass is 792 g/mol. The zero-order valence-electron chi connectivity index (χ0n) is 29.4. The predicted molar refractivity (Wildman–Crippen MR) is 203 cm³/mol. The van der Waals surface area contributed by atoms with Crippen LogP contribution in [0.25, 0.3) is 60.5 Å². The first-order valence-corrected chi connectivity index (χ1v) is 17.5. The van der Waals surface area contributed by atoms with Crippen LogP contribution in [0.2, 0.25) is 0 Å². The van der Waals surface area contributed by atoms with Gasteiger partial charge in [0.25, 0.3) is 0 Å². The number of aromatic nitrogens is 1. The number of hydrogen-bond acceptors (Lipinski definition) is 1. The molecule has 0 aliphatic heterocycles. The molecule has 0 aliphatic rings. The maximum absolute atomic E-state index is 16.0. The van der Waals surface area contributed by atoms with Crippen molar-refractivity contribution < 1.29 is 43.9 Å². The molecule has 0 radical (unpaired) electrons. The molecule has 12 heteroatoms. The SMILES string of the molecule is Fc1ccc(N(c2ccc(-c3ccc4c(c3)c3ccccc3n4-c3ccc4ccccc4c3)cc2)c2c(F)c(F)c(-c3c(F)c(F)c(F)c(F)c3F)c(F)c2F)cc1. The minimum absolute atomic E-state index is 0.107. The Morgan fingerprint density at radius 1 is 0.362 bits per heavy atom. The van der Waals surface area contributed by atoms with Crippen molar-refractivity contribution in [2.45, 2.75) is 0 Å². The van der Waals surface area contributed by atoms with E-state index in [0.29, 0.717) is 10.5 Å². The second kappa shape index (κ2) is 13.8. The maximum atomic E-state index is 16.0. The first-order chi connectivity index (χ1) is 27.9. The molecule has 0 saturated heterocycles. The quantitative estimate of drug-likeness (QED) is 0.0925. The smallest absolute Gasteiger partial charge is 0.200 e. The van der Waals surface area contributed by atoms with Crippen LogP contribution in [0.3, 0.4) is 0 Å². The molecule has 2 nitrogen and oxygen atoms in total. The molecular weight excluding hydrogens is 771 g/mol. The molecule has 0 atom stereocenters. The summed E-state index contributed by atoms with van der Waals surface area (Å²) in [7, 11) is 0. The summed E-state index contributed by atoms with van der Waals surface area (Å²) < 4.78 is 151. The van der Waals surface area contributed by atoms with Crippen molar-refractivity contribution in [3.63, 3.8) is 0 Å². The summed E-state index contributed by atoms with van der Waals surface area (Å²) in [4.78, 5) is 0.683. The molecular formula is C46H22F10N2. The molecule has 0 N–H and O–H groups in total. The minimum atomic E-state index is -2.67. The van der Waals surface area contributed by atoms with Crippen LogP contribution in [0, 0.1) is 58.2 Å². The topological polar surface area (TPSA) is 8.17 Å². The van der Waals surface area contributed by atoms with Crippen molar-refractivity contribution >= 4 is 49.6 Å². The lowest BCUT2D eigenvalue weighted by atomic mass is 9.99. The van der Waals surface area contributed by atoms with Gasteiger partial charge in [0.05, 0.1) is 22.2 Å². The fourth-order valence-corrected chi connectivity index (χ4v) is 7.41. The lowest BCUT2D eigenvalue weighted by Gasteiger charge is -2.27. The van der Waals surface area contributed by atoms with E-state index in [2.05, 4.69) is 16.7 Å². The Bertz CT molecular complexity index is 3060. The summed E-state index contributed by atoms with van der Waals surface area (Å²) >= 11 is 0. The third-order valence-corrected chi connectivity index (χ3v) is 10.1. The molecule has 286 valence electrons. The molecule has 0 bridgehead atoms. The summed E-state index contributed by atoms with van der Waals surface area (Å²) in [6.07, 6.45) is 0. The van der Waals surface area contributed by atoms with E-state index in [9.17, 15) is 26.3 Å². The molecule has 0 fully saturated rings. The van der Waals surface area contributed by atoms with Crippen molar-refractivity contribution in [1.82, 2.24) is 4.57 Å². The van der Waals surface area contributed by atoms with E-state index < -0.39 is 75.0 Å². The Labute approximate surface area is 322 Å². The van der Waals surface area contributed by atoms with Crippen LogP contribution in [0.15, 0.2) is 133 Å². The van der Waals surface area contributed by atoms with Crippen molar-refractivity contribution in [2.24, 2.45) is 0 Å². The Morgan fingerprint density at radius 3 is 1.50 bits per heavy atom. The summed E-state index contributed by atoms with van der Waals surface area (Å²) in [5.41, 5.74) is -1.94. The van der Waals surface area contributed by atoms with Gasteiger partial charge in [-0.05, 0) is 88.6 Å². The van der Waals surface area contributed by atoms with Crippen molar-refractivity contribution in [3.05, 3.63) is 192 Å². The first-order valence-electron chi connectivity index (χ1n) is 17.5. The van der Waals surface area contributed by atoms with Crippen molar-refractivity contribution in [2.75, 3.05) is 4.90 Å². The summed E-state index contributed by atoms with van der Waals surface area (Å²) in [5, 5.41) is 4.05. The maximum Gasteiger partial charge on any atom is 0.200 e. The molecule has 0 unspecified atom stereocenters. The third-order valence-electron chi connectivity index (χ3n) is 10.1. The highest BCUT2D eigenvalue weighted by Gasteiger charge is 2.36. The highest BCUT2D eigenvalue weighted by molar-refractivity contribution is 6.10. The zero-order valence-corrected chi connectivity index (χ0v) is 29.4. The molecule has 0 saturated carbocycles. The van der Waals surface area contributed by atoms with E-state index >= 15 is 17.6 Å². The van der Waals surface area contributed by atoms with E-state index in [1.165, 1.54) is 12.1 Å². The van der Waals surface area contributed by atoms with Gasteiger partial charge in [0, 0.05) is 27.8 Å². The Morgan fingerprint density at radius 2 is 0.862 bits per heavy atom. The van der Waals surface area contributed by atoms with Crippen LogP contribution >= 0.6 is 0 Å². The molecule has 9 aromatic rings. The van der Waals surface area contributed by atoms with Crippen molar-refractivity contribution in [1.29, 1.82) is 0 Å². The Kier molecular flexibility index (Phi) is 8.72. The predicted octanol–water partition coefficient (Wildman–Crippen LogP) is 14.1. The summed E-state index contributed by atoms with van der Waals surface area (Å²) in [6.45, 7) is 0.